The van der Waals surface area contributed by atoms with Gasteiger partial charge in [0.1, 0.15) is 0 Å². The van der Waals surface area contributed by atoms with Crippen molar-refractivity contribution < 1.29 is 39.0 Å². The van der Waals surface area contributed by atoms with E-state index in [-0.39, 0.29) is 37.0 Å². The number of nitrogens with two attached hydrogens (primary N) is 1. The summed E-state index contributed by atoms with van der Waals surface area (Å²) < 4.78 is 5.65. The number of para-hydroxylation sites is 1. The Bertz CT molecular complexity index is 1370. The molecule has 0 spiro atoms. The topological polar surface area (TPSA) is 201 Å². The molecule has 2 unspecified atom stereocenters. The number of carboxylic acids is 1. The van der Waals surface area contributed by atoms with Crippen molar-refractivity contribution in [3.63, 3.8) is 0 Å². The second kappa shape index (κ2) is 12.6. The van der Waals surface area contributed by atoms with Crippen molar-refractivity contribution in [3.8, 4) is 0 Å². The maximum atomic E-state index is 13.0. The van der Waals surface area contributed by atoms with Crippen molar-refractivity contribution >= 4 is 40.9 Å². The smallest absolute Gasteiger partial charge is 0.354 e. The highest BCUT2D eigenvalue weighted by Gasteiger charge is 2.38. The van der Waals surface area contributed by atoms with Gasteiger partial charge in [-0.3, -0.25) is 19.2 Å². The average molecular weight is 566 g/mol. The minimum Gasteiger partial charge on any atom is -0.478 e. The number of amides is 2. The van der Waals surface area contributed by atoms with Crippen LogP contribution in [0.5, 0.6) is 0 Å². The molecule has 4 rings (SSSR count). The number of fused-ring (bicyclic) bond motifs is 1. The molecule has 2 amide bonds. The molecule has 0 saturated carbocycles. The molecular weight excluding hydrogens is 534 g/mol. The largest absolute Gasteiger partial charge is 0.478 e. The molecule has 216 valence electrons. The molecule has 2 aliphatic rings. The molecule has 2 heterocycles. The molecule has 13 heteroatoms. The van der Waals surface area contributed by atoms with E-state index in [9.17, 15) is 29.1 Å². The Morgan fingerprint density at radius 2 is 1.73 bits per heavy atom. The number of piperidine rings is 1. The summed E-state index contributed by atoms with van der Waals surface area (Å²) in [6.45, 7) is 2.24. The zero-order chi connectivity index (χ0) is 29.7. The number of nitrogens with zero attached hydrogens (tertiary/aromatic N) is 2. The second-order valence-corrected chi connectivity index (χ2v) is 9.97. The molecule has 0 bridgehead atoms. The fourth-order valence-electron chi connectivity index (χ4n) is 4.84. The third kappa shape index (κ3) is 6.69. The van der Waals surface area contributed by atoms with Crippen LogP contribution in [0.25, 0.3) is 0 Å². The number of likely N-dealkylation sites (tertiary alicyclic amines) is 1. The lowest BCUT2D eigenvalue weighted by Gasteiger charge is -2.34. The summed E-state index contributed by atoms with van der Waals surface area (Å²) in [7, 11) is 0. The Labute approximate surface area is 235 Å². The normalized spacial score (nSPS) is 18.7. The molecule has 0 aromatic heterocycles. The van der Waals surface area contributed by atoms with Crippen LogP contribution in [0.1, 0.15) is 52.5 Å². The number of nitrogens with one attached hydrogen (secondary N) is 2. The van der Waals surface area contributed by atoms with E-state index in [1.54, 1.807) is 60.4 Å². The number of ether oxygens (including phenoxy) is 1. The van der Waals surface area contributed by atoms with Gasteiger partial charge >= 0.3 is 5.97 Å². The standard InChI is InChI=1S/C28H31N5O8/c1-15(14-21(34)16-6-8-17(9-7-16)24(29)32-40)27(37)33-12-10-18(11-13-33)41-26(28(38)39)31-25(36)22-23(35)19-4-2-3-5-20(19)30-22/h2-9,15,18,22,26,30,40H,10-14H2,1H3,(H2,29,32)(H,31,36)(H,38,39)/t15?,22?,26-/m0/s1. The minimum atomic E-state index is -1.67. The van der Waals surface area contributed by atoms with Crippen molar-refractivity contribution in [2.45, 2.75) is 44.6 Å². The molecule has 2 aromatic carbocycles. The number of hydrogen-bond acceptors (Lipinski definition) is 9. The maximum absolute atomic E-state index is 13.0. The third-order valence-electron chi connectivity index (χ3n) is 7.12. The summed E-state index contributed by atoms with van der Waals surface area (Å²) in [4.78, 5) is 64.3. The first kappa shape index (κ1) is 29.2. The van der Waals surface area contributed by atoms with Crippen LogP contribution in [0.4, 0.5) is 5.69 Å². The molecule has 13 nitrogen and oxygen atoms in total. The van der Waals surface area contributed by atoms with Gasteiger partial charge in [0.2, 0.25) is 12.1 Å². The van der Waals surface area contributed by atoms with E-state index in [0.717, 1.165) is 0 Å². The van der Waals surface area contributed by atoms with E-state index in [2.05, 4.69) is 15.8 Å². The number of benzene rings is 2. The van der Waals surface area contributed by atoms with Gasteiger partial charge in [-0.25, -0.2) is 4.79 Å². The Hall–Kier alpha value is -4.78. The number of ketones is 2. The number of oxime groups is 1. The fourth-order valence-corrected chi connectivity index (χ4v) is 4.84. The summed E-state index contributed by atoms with van der Waals surface area (Å²) in [6, 6.07) is 11.6. The predicted molar refractivity (Wildman–Crippen MR) is 146 cm³/mol. The summed E-state index contributed by atoms with van der Waals surface area (Å²) in [6.07, 6.45) is -1.57. The average Bonchev–Trinajstić information content (AvgIpc) is 3.32. The molecule has 0 aliphatic carbocycles. The molecule has 1 fully saturated rings. The Balaban J connectivity index is 1.26. The zero-order valence-electron chi connectivity index (χ0n) is 22.3. The highest BCUT2D eigenvalue weighted by atomic mass is 16.5. The molecule has 6 N–H and O–H groups in total. The minimum absolute atomic E-state index is 0.0108. The first-order valence-corrected chi connectivity index (χ1v) is 13.1. The fraction of sp³-hybridized carbons (Fsp3) is 0.357. The van der Waals surface area contributed by atoms with E-state index in [0.29, 0.717) is 35.2 Å². The monoisotopic (exact) mass is 565 g/mol. The Kier molecular flexibility index (Phi) is 8.97. The number of rotatable bonds is 10. The van der Waals surface area contributed by atoms with Gasteiger partial charge in [-0.05, 0) is 25.0 Å². The van der Waals surface area contributed by atoms with Gasteiger partial charge in [-0.15, -0.1) is 0 Å². The van der Waals surface area contributed by atoms with Crippen LogP contribution in [0.2, 0.25) is 0 Å². The number of carbonyl (C=O) groups excluding carboxylic acids is 4. The lowest BCUT2D eigenvalue weighted by Crippen LogP contribution is -2.52. The number of aliphatic carboxylic acids is 1. The highest BCUT2D eigenvalue weighted by molar-refractivity contribution is 6.21. The Morgan fingerprint density at radius 3 is 2.34 bits per heavy atom. The van der Waals surface area contributed by atoms with E-state index < -0.39 is 42.0 Å². The van der Waals surface area contributed by atoms with Crippen molar-refractivity contribution in [1.29, 1.82) is 0 Å². The lowest BCUT2D eigenvalue weighted by molar-refractivity contribution is -0.163. The number of hydrogen-bond donors (Lipinski definition) is 5. The number of amidine groups is 1. The van der Waals surface area contributed by atoms with Crippen LogP contribution in [0.15, 0.2) is 53.7 Å². The van der Waals surface area contributed by atoms with Crippen LogP contribution >= 0.6 is 0 Å². The first-order valence-electron chi connectivity index (χ1n) is 13.1. The van der Waals surface area contributed by atoms with Crippen LogP contribution in [0, 0.1) is 5.92 Å². The number of carbonyl (C=O) groups is 5. The zero-order valence-corrected chi connectivity index (χ0v) is 22.3. The summed E-state index contributed by atoms with van der Waals surface area (Å²) in [5.41, 5.74) is 7.23. The van der Waals surface area contributed by atoms with Gasteiger partial charge in [-0.1, -0.05) is 48.5 Å². The SMILES string of the molecule is CC(CC(=O)c1ccc(/C(N)=N/O)cc1)C(=O)N1CCC(O[C@H](NC(=O)C2Nc3ccccc3C2=O)C(=O)O)CC1. The predicted octanol–water partition coefficient (Wildman–Crippen LogP) is 1.20. The number of Topliss-reactive ketones (excluding diaryl/α,β-unsaturated/α-hetero) is 2. The molecule has 0 radical (unpaired) electrons. The van der Waals surface area contributed by atoms with Gasteiger partial charge in [0.25, 0.3) is 5.91 Å². The van der Waals surface area contributed by atoms with E-state index in [1.165, 1.54) is 0 Å². The maximum Gasteiger partial charge on any atom is 0.354 e. The molecule has 2 aliphatic heterocycles. The second-order valence-electron chi connectivity index (χ2n) is 9.97. The molecule has 3 atom stereocenters. The van der Waals surface area contributed by atoms with Crippen LogP contribution < -0.4 is 16.4 Å². The quantitative estimate of drug-likeness (QED) is 0.0530. The molecule has 41 heavy (non-hydrogen) atoms. The van der Waals surface area contributed by atoms with Crippen LogP contribution in [-0.4, -0.2) is 81.9 Å². The molecule has 2 aromatic rings. The van der Waals surface area contributed by atoms with Crippen molar-refractivity contribution in [2.24, 2.45) is 16.8 Å². The summed E-state index contributed by atoms with van der Waals surface area (Å²) in [5, 5.41) is 26.4. The van der Waals surface area contributed by atoms with Crippen molar-refractivity contribution in [1.82, 2.24) is 10.2 Å². The summed E-state index contributed by atoms with van der Waals surface area (Å²) in [5.74, 6) is -3.79. The van der Waals surface area contributed by atoms with E-state index in [4.69, 9.17) is 15.7 Å². The van der Waals surface area contributed by atoms with Crippen molar-refractivity contribution in [3.05, 3.63) is 65.2 Å². The van der Waals surface area contributed by atoms with Crippen LogP contribution in [-0.2, 0) is 19.1 Å². The van der Waals surface area contributed by atoms with E-state index >= 15 is 0 Å². The molecule has 1 saturated heterocycles. The number of carboxylic acid groups (broad SMARTS) is 1. The Morgan fingerprint density at radius 1 is 1.10 bits per heavy atom. The van der Waals surface area contributed by atoms with E-state index in [1.807, 2.05) is 0 Å². The lowest BCUT2D eigenvalue weighted by atomic mass is 9.96. The van der Waals surface area contributed by atoms with Gasteiger partial charge < -0.3 is 36.3 Å². The summed E-state index contributed by atoms with van der Waals surface area (Å²) >= 11 is 0. The highest BCUT2D eigenvalue weighted by Crippen LogP contribution is 2.25. The van der Waals surface area contributed by atoms with Crippen molar-refractivity contribution in [2.75, 3.05) is 18.4 Å². The van der Waals surface area contributed by atoms with Gasteiger partial charge in [-0.2, -0.15) is 0 Å². The molecular formula is C28H31N5O8. The van der Waals surface area contributed by atoms with Crippen LogP contribution in [0.3, 0.4) is 0 Å². The van der Waals surface area contributed by atoms with Gasteiger partial charge in [0.05, 0.1) is 6.10 Å². The van der Waals surface area contributed by atoms with Gasteiger partial charge in [0.15, 0.2) is 23.4 Å². The third-order valence-corrected chi connectivity index (χ3v) is 7.12. The van der Waals surface area contributed by atoms with Gasteiger partial charge in [0, 0.05) is 47.8 Å². The number of anilines is 1. The first-order chi connectivity index (χ1) is 19.6.